The van der Waals surface area contributed by atoms with Crippen LogP contribution in [0.15, 0.2) is 18.5 Å². The van der Waals surface area contributed by atoms with Gasteiger partial charge in [-0.15, -0.1) is 0 Å². The molecule has 0 saturated carbocycles. The molecular weight excluding hydrogens is 292 g/mol. The van der Waals surface area contributed by atoms with Crippen molar-refractivity contribution in [1.82, 2.24) is 24.6 Å². The van der Waals surface area contributed by atoms with E-state index in [-0.39, 0.29) is 11.9 Å². The van der Waals surface area contributed by atoms with Crippen LogP contribution in [0.1, 0.15) is 47.7 Å². The zero-order chi connectivity index (χ0) is 16.4. The minimum atomic E-state index is 0.00118. The summed E-state index contributed by atoms with van der Waals surface area (Å²) >= 11 is 0. The van der Waals surface area contributed by atoms with Crippen molar-refractivity contribution in [3.8, 4) is 0 Å². The van der Waals surface area contributed by atoms with Crippen LogP contribution < -0.4 is 5.32 Å². The van der Waals surface area contributed by atoms with E-state index in [2.05, 4.69) is 20.4 Å². The largest absolute Gasteiger partial charge is 0.373 e. The zero-order valence-electron chi connectivity index (χ0n) is 13.8. The third kappa shape index (κ3) is 3.04. The quantitative estimate of drug-likeness (QED) is 0.934. The topological polar surface area (TPSA) is 75.9 Å². The lowest BCUT2D eigenvalue weighted by molar-refractivity contribution is 0.0732. The Morgan fingerprint density at radius 3 is 2.96 bits per heavy atom. The van der Waals surface area contributed by atoms with Crippen LogP contribution in [0.4, 0.5) is 5.82 Å². The molecule has 7 heteroatoms. The van der Waals surface area contributed by atoms with Crippen molar-refractivity contribution in [3.63, 3.8) is 0 Å². The summed E-state index contributed by atoms with van der Waals surface area (Å²) in [5, 5.41) is 7.25. The highest BCUT2D eigenvalue weighted by molar-refractivity contribution is 5.94. The number of hydrogen-bond acceptors (Lipinski definition) is 5. The number of nitrogens with zero attached hydrogens (tertiary/aromatic N) is 5. The molecule has 2 aromatic rings. The second-order valence-corrected chi connectivity index (χ2v) is 5.72. The predicted molar refractivity (Wildman–Crippen MR) is 87.2 cm³/mol. The number of carbonyl (C=O) groups is 1. The van der Waals surface area contributed by atoms with Gasteiger partial charge in [-0.05, 0) is 26.7 Å². The van der Waals surface area contributed by atoms with E-state index in [1.165, 1.54) is 0 Å². The van der Waals surface area contributed by atoms with Crippen LogP contribution in [-0.2, 0) is 6.54 Å². The fourth-order valence-electron chi connectivity index (χ4n) is 3.02. The maximum Gasteiger partial charge on any atom is 0.257 e. The molecule has 1 amide bonds. The highest BCUT2D eigenvalue weighted by Gasteiger charge is 2.32. The molecule has 23 heavy (non-hydrogen) atoms. The molecule has 3 heterocycles. The molecule has 0 bridgehead atoms. The average Bonchev–Trinajstić information content (AvgIpc) is 3.22. The highest BCUT2D eigenvalue weighted by Crippen LogP contribution is 2.32. The minimum Gasteiger partial charge on any atom is -0.373 e. The van der Waals surface area contributed by atoms with Crippen LogP contribution in [0.25, 0.3) is 0 Å². The smallest absolute Gasteiger partial charge is 0.257 e. The van der Waals surface area contributed by atoms with Gasteiger partial charge in [0.1, 0.15) is 11.6 Å². The number of anilines is 1. The number of rotatable bonds is 4. The van der Waals surface area contributed by atoms with Crippen molar-refractivity contribution < 1.29 is 4.79 Å². The first kappa shape index (κ1) is 15.5. The SMILES string of the molecule is CCn1cc(C(=O)N2CCCC2c2cc(NC)nc(C)n2)cn1. The second-order valence-electron chi connectivity index (χ2n) is 5.72. The lowest BCUT2D eigenvalue weighted by Gasteiger charge is -2.24. The van der Waals surface area contributed by atoms with Crippen LogP contribution in [0.5, 0.6) is 0 Å². The van der Waals surface area contributed by atoms with Gasteiger partial charge < -0.3 is 10.2 Å². The van der Waals surface area contributed by atoms with Gasteiger partial charge in [-0.25, -0.2) is 9.97 Å². The van der Waals surface area contributed by atoms with Gasteiger partial charge in [0.2, 0.25) is 0 Å². The van der Waals surface area contributed by atoms with E-state index < -0.39 is 0 Å². The molecule has 0 spiro atoms. The number of nitrogens with one attached hydrogen (secondary N) is 1. The van der Waals surface area contributed by atoms with E-state index in [9.17, 15) is 4.79 Å². The summed E-state index contributed by atoms with van der Waals surface area (Å²) in [5.41, 5.74) is 1.54. The average molecular weight is 314 g/mol. The van der Waals surface area contributed by atoms with Crippen LogP contribution in [0.2, 0.25) is 0 Å². The van der Waals surface area contributed by atoms with Crippen LogP contribution in [-0.4, -0.2) is 44.1 Å². The minimum absolute atomic E-state index is 0.00118. The molecule has 7 nitrogen and oxygen atoms in total. The Morgan fingerprint density at radius 1 is 1.43 bits per heavy atom. The van der Waals surface area contributed by atoms with E-state index in [1.54, 1.807) is 10.9 Å². The molecule has 1 fully saturated rings. The van der Waals surface area contributed by atoms with Crippen molar-refractivity contribution in [2.24, 2.45) is 0 Å². The number of aromatic nitrogens is 4. The standard InChI is InChI=1S/C16H22N6O/c1-4-21-10-12(9-18-21)16(23)22-7-5-6-14(22)13-8-15(17-3)20-11(2)19-13/h8-10,14H,4-7H2,1-3H3,(H,17,19,20). The number of aryl methyl sites for hydroxylation is 2. The van der Waals surface area contributed by atoms with Gasteiger partial charge >= 0.3 is 0 Å². The number of carbonyl (C=O) groups excluding carboxylic acids is 1. The maximum atomic E-state index is 12.8. The first-order chi connectivity index (χ1) is 11.1. The summed E-state index contributed by atoms with van der Waals surface area (Å²) in [6, 6.07) is 1.93. The van der Waals surface area contributed by atoms with E-state index in [1.807, 2.05) is 38.1 Å². The molecule has 1 atom stereocenters. The summed E-state index contributed by atoms with van der Waals surface area (Å²) in [5.74, 6) is 1.52. The van der Waals surface area contributed by atoms with Gasteiger partial charge in [0.15, 0.2) is 0 Å². The van der Waals surface area contributed by atoms with Crippen molar-refractivity contribution in [3.05, 3.63) is 35.5 Å². The highest BCUT2D eigenvalue weighted by atomic mass is 16.2. The third-order valence-electron chi connectivity index (χ3n) is 4.17. The maximum absolute atomic E-state index is 12.8. The molecule has 0 radical (unpaired) electrons. The summed E-state index contributed by atoms with van der Waals surface area (Å²) < 4.78 is 1.77. The second kappa shape index (κ2) is 6.36. The Bertz CT molecular complexity index is 710. The molecular formula is C16H22N6O. The van der Waals surface area contributed by atoms with Crippen molar-refractivity contribution in [1.29, 1.82) is 0 Å². The van der Waals surface area contributed by atoms with Crippen molar-refractivity contribution in [2.45, 2.75) is 39.3 Å². The van der Waals surface area contributed by atoms with Gasteiger partial charge in [0.25, 0.3) is 5.91 Å². The zero-order valence-corrected chi connectivity index (χ0v) is 13.8. The van der Waals surface area contributed by atoms with Crippen LogP contribution in [0, 0.1) is 6.92 Å². The fraction of sp³-hybridized carbons (Fsp3) is 0.500. The van der Waals surface area contributed by atoms with Crippen molar-refractivity contribution in [2.75, 3.05) is 18.9 Å². The van der Waals surface area contributed by atoms with Crippen LogP contribution >= 0.6 is 0 Å². The van der Waals surface area contributed by atoms with Gasteiger partial charge in [-0.1, -0.05) is 0 Å². The Labute approximate surface area is 135 Å². The molecule has 1 unspecified atom stereocenters. The first-order valence-electron chi connectivity index (χ1n) is 7.99. The van der Waals surface area contributed by atoms with Gasteiger partial charge in [-0.2, -0.15) is 5.10 Å². The van der Waals surface area contributed by atoms with Crippen molar-refractivity contribution >= 4 is 11.7 Å². The van der Waals surface area contributed by atoms with Gasteiger partial charge in [0.05, 0.1) is 23.5 Å². The lowest BCUT2D eigenvalue weighted by Crippen LogP contribution is -2.31. The molecule has 0 aliphatic carbocycles. The van der Waals surface area contributed by atoms with E-state index in [0.29, 0.717) is 11.4 Å². The van der Waals surface area contributed by atoms with Crippen LogP contribution in [0.3, 0.4) is 0 Å². The molecule has 2 aromatic heterocycles. The molecule has 0 aromatic carbocycles. The number of likely N-dealkylation sites (tertiary alicyclic amines) is 1. The normalized spacial score (nSPS) is 17.5. The molecule has 3 rings (SSSR count). The Balaban J connectivity index is 1.88. The van der Waals surface area contributed by atoms with E-state index >= 15 is 0 Å². The molecule has 1 aliphatic rings. The summed E-state index contributed by atoms with van der Waals surface area (Å²) in [6.07, 6.45) is 5.36. The van der Waals surface area contributed by atoms with Gasteiger partial charge in [-0.3, -0.25) is 9.48 Å². The molecule has 122 valence electrons. The van der Waals surface area contributed by atoms with Gasteiger partial charge in [0, 0.05) is 32.4 Å². The fourth-order valence-corrected chi connectivity index (χ4v) is 3.02. The Kier molecular flexibility index (Phi) is 4.27. The van der Waals surface area contributed by atoms with E-state index in [0.717, 1.165) is 37.4 Å². The summed E-state index contributed by atoms with van der Waals surface area (Å²) in [6.45, 7) is 5.38. The Morgan fingerprint density at radius 2 is 2.26 bits per heavy atom. The molecule has 1 saturated heterocycles. The third-order valence-corrected chi connectivity index (χ3v) is 4.17. The van der Waals surface area contributed by atoms with E-state index in [4.69, 9.17) is 0 Å². The number of amides is 1. The summed E-state index contributed by atoms with van der Waals surface area (Å²) in [4.78, 5) is 23.6. The number of hydrogen-bond donors (Lipinski definition) is 1. The lowest BCUT2D eigenvalue weighted by atomic mass is 10.1. The Hall–Kier alpha value is -2.44. The monoisotopic (exact) mass is 314 g/mol. The molecule has 1 N–H and O–H groups in total. The first-order valence-corrected chi connectivity index (χ1v) is 7.99. The molecule has 1 aliphatic heterocycles. The predicted octanol–water partition coefficient (Wildman–Crippen LogP) is 2.02. The summed E-state index contributed by atoms with van der Waals surface area (Å²) in [7, 11) is 1.84.